The van der Waals surface area contributed by atoms with Gasteiger partial charge in [0.25, 0.3) is 5.91 Å². The van der Waals surface area contributed by atoms with Crippen LogP contribution in [0.1, 0.15) is 31.3 Å². The van der Waals surface area contributed by atoms with Gasteiger partial charge in [-0.15, -0.1) is 5.11 Å². The van der Waals surface area contributed by atoms with Crippen LogP contribution in [0.15, 0.2) is 16.7 Å². The number of amides is 1. The van der Waals surface area contributed by atoms with Gasteiger partial charge in [-0.2, -0.15) is 0 Å². The second kappa shape index (κ2) is 8.11. The predicted molar refractivity (Wildman–Crippen MR) is 79.5 cm³/mol. The van der Waals surface area contributed by atoms with E-state index in [1.54, 1.807) is 21.0 Å². The number of hydrogen-bond donors (Lipinski definition) is 2. The third-order valence-corrected chi connectivity index (χ3v) is 2.66. The van der Waals surface area contributed by atoms with E-state index in [4.69, 9.17) is 4.74 Å². The maximum absolute atomic E-state index is 12.3. The lowest BCUT2D eigenvalue weighted by molar-refractivity contribution is -0.146. The van der Waals surface area contributed by atoms with Crippen LogP contribution >= 0.6 is 0 Å². The van der Waals surface area contributed by atoms with Crippen LogP contribution in [-0.4, -0.2) is 53.6 Å². The van der Waals surface area contributed by atoms with Gasteiger partial charge >= 0.3 is 5.97 Å². The highest BCUT2D eigenvalue weighted by atomic mass is 16.5. The summed E-state index contributed by atoms with van der Waals surface area (Å²) in [7, 11) is 3.40. The van der Waals surface area contributed by atoms with Gasteiger partial charge in [0.2, 0.25) is 5.82 Å². The fourth-order valence-electron chi connectivity index (χ4n) is 1.60. The Kier molecular flexibility index (Phi) is 6.48. The molecule has 0 radical (unpaired) electrons. The first kappa shape index (κ1) is 17.6. The monoisotopic (exact) mass is 310 g/mol. The Morgan fingerprint density at radius 3 is 2.68 bits per heavy atom. The van der Waals surface area contributed by atoms with Crippen molar-refractivity contribution in [1.29, 1.82) is 0 Å². The van der Waals surface area contributed by atoms with Crippen molar-refractivity contribution in [3.05, 3.63) is 12.0 Å². The molecule has 0 fully saturated rings. The average molecular weight is 310 g/mol. The van der Waals surface area contributed by atoms with Gasteiger partial charge in [-0.3, -0.25) is 9.80 Å². The van der Waals surface area contributed by atoms with E-state index in [0.717, 1.165) is 0 Å². The summed E-state index contributed by atoms with van der Waals surface area (Å²) in [5, 5.41) is 11.8. The largest absolute Gasteiger partial charge is 0.464 e. The molecule has 0 aliphatic carbocycles. The van der Waals surface area contributed by atoms with Crippen molar-refractivity contribution in [2.75, 3.05) is 20.7 Å². The maximum Gasteiger partial charge on any atom is 0.328 e. The van der Waals surface area contributed by atoms with E-state index in [-0.39, 0.29) is 24.0 Å². The Hall–Kier alpha value is -2.45. The number of rotatable bonds is 7. The summed E-state index contributed by atoms with van der Waals surface area (Å²) in [6, 6.07) is -0.741. The van der Waals surface area contributed by atoms with Crippen LogP contribution in [-0.2, 0) is 9.53 Å². The molecular formula is C13H22N6O3. The van der Waals surface area contributed by atoms with E-state index in [2.05, 4.69) is 25.6 Å². The molecule has 2 N–H and O–H groups in total. The van der Waals surface area contributed by atoms with Crippen LogP contribution in [0.2, 0.25) is 0 Å². The summed E-state index contributed by atoms with van der Waals surface area (Å²) >= 11 is 0. The van der Waals surface area contributed by atoms with E-state index >= 15 is 0 Å². The molecule has 1 amide bonds. The normalized spacial score (nSPS) is 12.5. The first-order valence-electron chi connectivity index (χ1n) is 6.96. The second-order valence-corrected chi connectivity index (χ2v) is 5.08. The molecule has 0 aromatic carbocycles. The van der Waals surface area contributed by atoms with Gasteiger partial charge in [0.15, 0.2) is 5.69 Å². The van der Waals surface area contributed by atoms with Crippen molar-refractivity contribution in [3.8, 4) is 0 Å². The number of aromatic nitrogens is 2. The Morgan fingerprint density at radius 1 is 1.45 bits per heavy atom. The molecule has 122 valence electrons. The summed E-state index contributed by atoms with van der Waals surface area (Å²) in [5.41, 5.74) is 0.139. The molecule has 1 rings (SSSR count). The van der Waals surface area contributed by atoms with E-state index in [1.165, 1.54) is 11.3 Å². The number of nitrogens with one attached hydrogen (secondary N) is 2. The van der Waals surface area contributed by atoms with E-state index < -0.39 is 17.9 Å². The minimum Gasteiger partial charge on any atom is -0.464 e. The fourth-order valence-corrected chi connectivity index (χ4v) is 1.60. The summed E-state index contributed by atoms with van der Waals surface area (Å²) in [5.74, 6) is -0.922. The first-order valence-corrected chi connectivity index (χ1v) is 6.96. The van der Waals surface area contributed by atoms with E-state index in [1.807, 2.05) is 13.8 Å². The second-order valence-electron chi connectivity index (χ2n) is 5.08. The quantitative estimate of drug-likeness (QED) is 0.447. The number of nitrogens with zero attached hydrogens (tertiary/aromatic N) is 4. The van der Waals surface area contributed by atoms with Gasteiger partial charge in [-0.25, -0.2) is 9.78 Å². The van der Waals surface area contributed by atoms with Crippen LogP contribution in [0, 0.1) is 5.92 Å². The van der Waals surface area contributed by atoms with Gasteiger partial charge in [0.05, 0.1) is 12.9 Å². The van der Waals surface area contributed by atoms with Gasteiger partial charge in [-0.05, 0) is 12.8 Å². The molecule has 0 bridgehead atoms. The molecule has 1 aromatic rings. The molecule has 0 aliphatic heterocycles. The van der Waals surface area contributed by atoms with Crippen LogP contribution in [0.25, 0.3) is 0 Å². The molecule has 9 nitrogen and oxygen atoms in total. The van der Waals surface area contributed by atoms with Gasteiger partial charge < -0.3 is 15.0 Å². The summed E-state index contributed by atoms with van der Waals surface area (Å²) in [4.78, 5) is 30.8. The van der Waals surface area contributed by atoms with E-state index in [9.17, 15) is 9.59 Å². The predicted octanol–water partition coefficient (Wildman–Crippen LogP) is 1.29. The number of ether oxygens (including phenoxy) is 1. The molecule has 0 spiro atoms. The van der Waals surface area contributed by atoms with Gasteiger partial charge in [0.1, 0.15) is 6.04 Å². The van der Waals surface area contributed by atoms with Crippen molar-refractivity contribution < 1.29 is 14.3 Å². The minimum atomic E-state index is -0.741. The highest BCUT2D eigenvalue weighted by Gasteiger charge is 2.27. The third-order valence-electron chi connectivity index (χ3n) is 2.66. The highest BCUT2D eigenvalue weighted by Crippen LogP contribution is 2.15. The smallest absolute Gasteiger partial charge is 0.328 e. The molecule has 1 heterocycles. The number of esters is 1. The fraction of sp³-hybridized carbons (Fsp3) is 0.615. The van der Waals surface area contributed by atoms with Crippen molar-refractivity contribution in [1.82, 2.24) is 20.3 Å². The van der Waals surface area contributed by atoms with Crippen LogP contribution in [0.4, 0.5) is 5.82 Å². The van der Waals surface area contributed by atoms with Crippen molar-refractivity contribution >= 4 is 17.7 Å². The minimum absolute atomic E-state index is 0.113. The topological polar surface area (TPSA) is 112 Å². The maximum atomic E-state index is 12.3. The lowest BCUT2D eigenvalue weighted by atomic mass is 10.0. The third kappa shape index (κ3) is 4.83. The molecule has 1 atom stereocenters. The van der Waals surface area contributed by atoms with Gasteiger partial charge in [-0.1, -0.05) is 19.1 Å². The number of imidazole rings is 1. The number of carbonyl (C=O) groups excluding carboxylic acids is 2. The Bertz CT molecular complexity index is 538. The van der Waals surface area contributed by atoms with E-state index in [0.29, 0.717) is 0 Å². The Morgan fingerprint density at radius 2 is 2.14 bits per heavy atom. The molecule has 0 saturated carbocycles. The van der Waals surface area contributed by atoms with Crippen LogP contribution < -0.4 is 5.32 Å². The SMILES string of the molecule is CCOC(=O)C(NC(=O)c1[nH]cnc1/N=N/N(C)C)C(C)C. The van der Waals surface area contributed by atoms with Crippen LogP contribution in [0.5, 0.6) is 0 Å². The number of H-pyrrole nitrogens is 1. The first-order chi connectivity index (χ1) is 10.4. The number of hydrogen-bond acceptors (Lipinski definition) is 6. The summed E-state index contributed by atoms with van der Waals surface area (Å²) in [6.45, 7) is 5.61. The lowest BCUT2D eigenvalue weighted by Crippen LogP contribution is -2.45. The molecular weight excluding hydrogens is 288 g/mol. The number of aromatic amines is 1. The summed E-state index contributed by atoms with van der Waals surface area (Å²) in [6.07, 6.45) is 1.34. The Balaban J connectivity index is 2.87. The lowest BCUT2D eigenvalue weighted by Gasteiger charge is -2.20. The average Bonchev–Trinajstić information content (AvgIpc) is 2.90. The Labute approximate surface area is 129 Å². The molecule has 9 heteroatoms. The zero-order valence-electron chi connectivity index (χ0n) is 13.5. The number of carbonyl (C=O) groups is 2. The van der Waals surface area contributed by atoms with Crippen molar-refractivity contribution in [2.24, 2.45) is 16.3 Å². The van der Waals surface area contributed by atoms with Crippen molar-refractivity contribution in [3.63, 3.8) is 0 Å². The molecule has 1 aromatic heterocycles. The highest BCUT2D eigenvalue weighted by molar-refractivity contribution is 5.98. The zero-order valence-corrected chi connectivity index (χ0v) is 13.5. The standard InChI is InChI=1S/C13H22N6O3/c1-6-22-13(21)9(8(2)3)16-12(20)10-11(15-7-14-10)17-18-19(4)5/h7-9H,6H2,1-5H3,(H,14,15)(H,16,20)/b18-17+. The molecule has 0 aliphatic rings. The molecule has 22 heavy (non-hydrogen) atoms. The zero-order chi connectivity index (χ0) is 16.7. The molecule has 0 saturated heterocycles. The van der Waals surface area contributed by atoms with Crippen molar-refractivity contribution in [2.45, 2.75) is 26.8 Å². The van der Waals surface area contributed by atoms with Crippen LogP contribution in [0.3, 0.4) is 0 Å². The van der Waals surface area contributed by atoms with Gasteiger partial charge in [0, 0.05) is 14.1 Å². The molecule has 1 unspecified atom stereocenters. The summed E-state index contributed by atoms with van der Waals surface area (Å²) < 4.78 is 4.96.